The van der Waals surface area contributed by atoms with E-state index < -0.39 is 15.9 Å². The average molecular weight is 503 g/mol. The molecule has 0 radical (unpaired) electrons. The number of carbonyl (C=O) groups is 1. The molecular weight excluding hydrogens is 472 g/mol. The minimum atomic E-state index is -3.66. The first kappa shape index (κ1) is 23.5. The van der Waals surface area contributed by atoms with E-state index in [-0.39, 0.29) is 12.0 Å². The van der Waals surface area contributed by atoms with Crippen LogP contribution in [-0.4, -0.2) is 34.2 Å². The van der Waals surface area contributed by atoms with Crippen molar-refractivity contribution in [2.24, 2.45) is 17.8 Å². The number of sulfonamides is 1. The van der Waals surface area contributed by atoms with Gasteiger partial charge in [-0.3, -0.25) is 9.10 Å². The highest BCUT2D eigenvalue weighted by Crippen LogP contribution is 2.60. The number of amides is 1. The number of carbonyl (C=O) groups excluding carboxylic acids is 1. The molecule has 0 heterocycles. The van der Waals surface area contributed by atoms with Crippen LogP contribution in [0.5, 0.6) is 5.75 Å². The molecule has 0 aromatic heterocycles. The monoisotopic (exact) mass is 502 g/mol. The van der Waals surface area contributed by atoms with E-state index in [2.05, 4.69) is 17.4 Å². The fourth-order valence-electron chi connectivity index (χ4n) is 6.92. The zero-order chi connectivity index (χ0) is 24.1. The first-order valence-electron chi connectivity index (χ1n) is 11.9. The van der Waals surface area contributed by atoms with Crippen molar-refractivity contribution in [3.63, 3.8) is 0 Å². The van der Waals surface area contributed by atoms with Gasteiger partial charge in [0.05, 0.1) is 24.1 Å². The molecule has 6 rings (SSSR count). The number of rotatable bonds is 7. The highest BCUT2D eigenvalue weighted by atomic mass is 35.5. The lowest BCUT2D eigenvalue weighted by Gasteiger charge is -2.57. The molecule has 2 aromatic carbocycles. The molecule has 8 heteroatoms. The predicted octanol–water partition coefficient (Wildman–Crippen LogP) is 5.22. The number of anilines is 2. The third kappa shape index (κ3) is 4.52. The van der Waals surface area contributed by atoms with Crippen LogP contribution >= 0.6 is 11.6 Å². The number of hydrogen-bond acceptors (Lipinski definition) is 4. The predicted molar refractivity (Wildman–Crippen MR) is 135 cm³/mol. The van der Waals surface area contributed by atoms with Crippen LogP contribution in [0.25, 0.3) is 0 Å². The number of methoxy groups -OCH3 is 1. The molecule has 4 saturated carbocycles. The Balaban J connectivity index is 1.33. The van der Waals surface area contributed by atoms with Crippen molar-refractivity contribution in [2.45, 2.75) is 43.9 Å². The van der Waals surface area contributed by atoms with Crippen molar-refractivity contribution < 1.29 is 17.9 Å². The van der Waals surface area contributed by atoms with Gasteiger partial charge in [-0.1, -0.05) is 23.7 Å². The second-order valence-corrected chi connectivity index (χ2v) is 12.7. The van der Waals surface area contributed by atoms with Crippen molar-refractivity contribution >= 4 is 38.9 Å². The van der Waals surface area contributed by atoms with Crippen molar-refractivity contribution in [3.8, 4) is 5.75 Å². The van der Waals surface area contributed by atoms with Gasteiger partial charge in [-0.15, -0.1) is 0 Å². The molecule has 1 N–H and O–H groups in total. The molecule has 0 atom stereocenters. The van der Waals surface area contributed by atoms with E-state index in [1.165, 1.54) is 51.2 Å². The van der Waals surface area contributed by atoms with Gasteiger partial charge in [-0.2, -0.15) is 0 Å². The van der Waals surface area contributed by atoms with Crippen LogP contribution in [-0.2, 0) is 20.2 Å². The van der Waals surface area contributed by atoms with Crippen LogP contribution < -0.4 is 14.4 Å². The summed E-state index contributed by atoms with van der Waals surface area (Å²) < 4.78 is 31.4. The first-order valence-corrected chi connectivity index (χ1v) is 14.1. The Kier molecular flexibility index (Phi) is 6.05. The maximum Gasteiger partial charge on any atom is 0.245 e. The maximum absolute atomic E-state index is 12.7. The fourth-order valence-corrected chi connectivity index (χ4v) is 8.03. The normalized spacial score (nSPS) is 27.4. The standard InChI is InChI=1S/C26H31ClN2O4S/c1-33-24-8-5-21(12-23(24)27)28-25(30)16-29(34(2,31)32)22-6-3-20(4-7-22)26-13-17-9-18(14-26)11-19(10-17)15-26/h3-8,12,17-19H,9-11,13-16H2,1-2H3,(H,28,30). The summed E-state index contributed by atoms with van der Waals surface area (Å²) in [5.41, 5.74) is 2.54. The van der Waals surface area contributed by atoms with Crippen molar-refractivity contribution in [1.29, 1.82) is 0 Å². The van der Waals surface area contributed by atoms with Crippen LogP contribution in [0, 0.1) is 17.8 Å². The largest absolute Gasteiger partial charge is 0.495 e. The Morgan fingerprint density at radius 2 is 1.65 bits per heavy atom. The Morgan fingerprint density at radius 3 is 2.15 bits per heavy atom. The van der Waals surface area contributed by atoms with Crippen molar-refractivity contribution in [1.82, 2.24) is 0 Å². The Bertz CT molecular complexity index is 1160. The summed E-state index contributed by atoms with van der Waals surface area (Å²) in [4.78, 5) is 12.7. The van der Waals surface area contributed by atoms with Crippen LogP contribution in [0.2, 0.25) is 5.02 Å². The molecule has 182 valence electrons. The first-order chi connectivity index (χ1) is 16.1. The minimum Gasteiger partial charge on any atom is -0.495 e. The van der Waals surface area contributed by atoms with Crippen LogP contribution in [0.3, 0.4) is 0 Å². The highest BCUT2D eigenvalue weighted by Gasteiger charge is 2.51. The van der Waals surface area contributed by atoms with Gasteiger partial charge in [0.2, 0.25) is 15.9 Å². The van der Waals surface area contributed by atoms with Gasteiger partial charge in [0.15, 0.2) is 0 Å². The van der Waals surface area contributed by atoms with Gasteiger partial charge in [0, 0.05) is 5.69 Å². The molecule has 0 aliphatic heterocycles. The van der Waals surface area contributed by atoms with Gasteiger partial charge >= 0.3 is 0 Å². The van der Waals surface area contributed by atoms with Crippen LogP contribution in [0.15, 0.2) is 42.5 Å². The number of nitrogens with zero attached hydrogens (tertiary/aromatic N) is 1. The second-order valence-electron chi connectivity index (χ2n) is 10.4. The number of hydrogen-bond donors (Lipinski definition) is 1. The molecule has 0 unspecified atom stereocenters. The summed E-state index contributed by atoms with van der Waals surface area (Å²) in [7, 11) is -2.14. The quantitative estimate of drug-likeness (QED) is 0.563. The molecule has 6 nitrogen and oxygen atoms in total. The molecule has 0 saturated heterocycles. The van der Waals surface area contributed by atoms with Crippen LogP contribution in [0.4, 0.5) is 11.4 Å². The summed E-state index contributed by atoms with van der Waals surface area (Å²) in [6, 6.07) is 12.8. The van der Waals surface area contributed by atoms with E-state index in [1.807, 2.05) is 12.1 Å². The van der Waals surface area contributed by atoms with E-state index in [1.54, 1.807) is 18.2 Å². The van der Waals surface area contributed by atoms with Crippen molar-refractivity contribution in [3.05, 3.63) is 53.1 Å². The molecule has 4 aliphatic carbocycles. The van der Waals surface area contributed by atoms with E-state index in [0.29, 0.717) is 22.1 Å². The number of nitrogens with one attached hydrogen (secondary N) is 1. The lowest BCUT2D eigenvalue weighted by molar-refractivity contribution is -0.114. The molecule has 4 aliphatic rings. The highest BCUT2D eigenvalue weighted by molar-refractivity contribution is 7.92. The zero-order valence-corrected chi connectivity index (χ0v) is 21.2. The molecule has 2 aromatic rings. The van der Waals surface area contributed by atoms with Crippen molar-refractivity contribution in [2.75, 3.05) is 29.5 Å². The molecule has 4 bridgehead atoms. The van der Waals surface area contributed by atoms with E-state index in [4.69, 9.17) is 16.3 Å². The minimum absolute atomic E-state index is 0.244. The molecular formula is C26H31ClN2O4S. The third-order valence-electron chi connectivity index (χ3n) is 7.93. The lowest BCUT2D eigenvalue weighted by Crippen LogP contribution is -2.48. The number of halogens is 1. The summed E-state index contributed by atoms with van der Waals surface area (Å²) in [5, 5.41) is 3.08. The third-order valence-corrected chi connectivity index (χ3v) is 9.36. The smallest absolute Gasteiger partial charge is 0.245 e. The van der Waals surface area contributed by atoms with Gasteiger partial charge in [-0.25, -0.2) is 8.42 Å². The summed E-state index contributed by atoms with van der Waals surface area (Å²) >= 11 is 6.13. The van der Waals surface area contributed by atoms with Gasteiger partial charge < -0.3 is 10.1 Å². The summed E-state index contributed by atoms with van der Waals surface area (Å²) in [6.45, 7) is -0.320. The molecule has 0 spiro atoms. The molecule has 4 fully saturated rings. The summed E-state index contributed by atoms with van der Waals surface area (Å²) in [5.74, 6) is 2.57. The van der Waals surface area contributed by atoms with Gasteiger partial charge in [0.25, 0.3) is 0 Å². The SMILES string of the molecule is COc1ccc(NC(=O)CN(c2ccc(C34CC5CC(CC(C5)C3)C4)cc2)S(C)(=O)=O)cc1Cl. The number of ether oxygens (including phenoxy) is 1. The summed E-state index contributed by atoms with van der Waals surface area (Å²) in [6.07, 6.45) is 9.02. The molecule has 1 amide bonds. The van der Waals surface area contributed by atoms with E-state index >= 15 is 0 Å². The average Bonchev–Trinajstić information content (AvgIpc) is 2.76. The van der Waals surface area contributed by atoms with E-state index in [9.17, 15) is 13.2 Å². The lowest BCUT2D eigenvalue weighted by atomic mass is 9.48. The van der Waals surface area contributed by atoms with Gasteiger partial charge in [0.1, 0.15) is 12.3 Å². The molecule has 34 heavy (non-hydrogen) atoms. The van der Waals surface area contributed by atoms with E-state index in [0.717, 1.165) is 28.3 Å². The fraction of sp³-hybridized carbons (Fsp3) is 0.500. The topological polar surface area (TPSA) is 75.7 Å². The Hall–Kier alpha value is -2.25. The van der Waals surface area contributed by atoms with Crippen LogP contribution in [0.1, 0.15) is 44.1 Å². The maximum atomic E-state index is 12.7. The zero-order valence-electron chi connectivity index (χ0n) is 19.6. The number of benzene rings is 2. The Labute approximate surface area is 206 Å². The second kappa shape index (κ2) is 8.76. The Morgan fingerprint density at radius 1 is 1.06 bits per heavy atom. The van der Waals surface area contributed by atoms with Gasteiger partial charge in [-0.05, 0) is 97.6 Å².